The van der Waals surface area contributed by atoms with Crippen LogP contribution in [0.1, 0.15) is 13.8 Å². The molecule has 0 bridgehead atoms. The Morgan fingerprint density at radius 3 is 2.75 bits per heavy atom. The van der Waals surface area contributed by atoms with Crippen LogP contribution in [-0.2, 0) is 23.7 Å². The van der Waals surface area contributed by atoms with E-state index < -0.39 is 48.5 Å². The monoisotopic (exact) mass is 355 g/mol. The Kier molecular flexibility index (Phi) is 5.55. The second-order valence-electron chi connectivity index (χ2n) is 5.95. The Hall–Kier alpha value is -1.20. The molecule has 0 aromatic heterocycles. The van der Waals surface area contributed by atoms with Gasteiger partial charge in [0.2, 0.25) is 0 Å². The molecule has 2 saturated heterocycles. The van der Waals surface area contributed by atoms with E-state index in [0.717, 1.165) is 0 Å². The lowest BCUT2D eigenvalue weighted by Gasteiger charge is -2.49. The summed E-state index contributed by atoms with van der Waals surface area (Å²) in [5.41, 5.74) is 0. The van der Waals surface area contributed by atoms with Crippen molar-refractivity contribution in [3.8, 4) is 0 Å². The summed E-state index contributed by atoms with van der Waals surface area (Å²) in [6.45, 7) is 6.64. The molecule has 1 amide bonds. The smallest absolute Gasteiger partial charge is 0.388 e. The first-order chi connectivity index (χ1) is 11.0. The summed E-state index contributed by atoms with van der Waals surface area (Å²) in [4.78, 5) is 11.2. The average molecular weight is 355 g/mol. The average Bonchev–Trinajstić information content (AvgIpc) is 2.47. The van der Waals surface area contributed by atoms with E-state index in [0.29, 0.717) is 0 Å². The van der Waals surface area contributed by atoms with Gasteiger partial charge < -0.3 is 29.4 Å². The Bertz CT molecular complexity index is 484. The predicted molar refractivity (Wildman–Crippen MR) is 73.7 cm³/mol. The number of fused-ring (bicyclic) bond motifs is 1. The molecular formula is C14H20F3NO6. The van der Waals surface area contributed by atoms with Crippen LogP contribution in [0.15, 0.2) is 12.7 Å². The minimum absolute atomic E-state index is 0.0413. The fraction of sp³-hybridized carbons (Fsp3) is 0.786. The molecule has 2 N–H and O–H groups in total. The van der Waals surface area contributed by atoms with Crippen molar-refractivity contribution < 1.29 is 42.0 Å². The predicted octanol–water partition coefficient (Wildman–Crippen LogP) is 0.473. The van der Waals surface area contributed by atoms with E-state index in [4.69, 9.17) is 18.9 Å². The molecule has 0 aliphatic carbocycles. The third-order valence-corrected chi connectivity index (χ3v) is 3.62. The molecule has 2 fully saturated rings. The number of ether oxygens (including phenoxy) is 4. The maximum atomic E-state index is 12.5. The second kappa shape index (κ2) is 6.96. The van der Waals surface area contributed by atoms with E-state index in [9.17, 15) is 23.1 Å². The van der Waals surface area contributed by atoms with Crippen molar-refractivity contribution in [1.29, 1.82) is 0 Å². The van der Waals surface area contributed by atoms with Crippen molar-refractivity contribution in [1.82, 2.24) is 5.32 Å². The molecule has 0 radical (unpaired) electrons. The summed E-state index contributed by atoms with van der Waals surface area (Å²) in [5.74, 6) is -3.24. The second-order valence-corrected chi connectivity index (χ2v) is 5.95. The molecule has 0 aromatic carbocycles. The van der Waals surface area contributed by atoms with Crippen LogP contribution in [0.25, 0.3) is 0 Å². The largest absolute Gasteiger partial charge is 0.471 e. The molecule has 138 valence electrons. The zero-order valence-electron chi connectivity index (χ0n) is 13.2. The van der Waals surface area contributed by atoms with Gasteiger partial charge >= 0.3 is 12.1 Å². The summed E-state index contributed by atoms with van der Waals surface area (Å²) in [6.07, 6.45) is -8.25. The van der Waals surface area contributed by atoms with Crippen LogP contribution in [0.2, 0.25) is 0 Å². The highest BCUT2D eigenvalue weighted by atomic mass is 19.4. The van der Waals surface area contributed by atoms with Crippen LogP contribution < -0.4 is 5.32 Å². The van der Waals surface area contributed by atoms with Crippen molar-refractivity contribution in [3.63, 3.8) is 0 Å². The van der Waals surface area contributed by atoms with Crippen LogP contribution in [0.4, 0.5) is 13.2 Å². The summed E-state index contributed by atoms with van der Waals surface area (Å²) in [6, 6.07) is -1.46. The molecule has 7 nitrogen and oxygen atoms in total. The molecule has 5 atom stereocenters. The van der Waals surface area contributed by atoms with Gasteiger partial charge in [-0.1, -0.05) is 6.08 Å². The molecule has 2 heterocycles. The van der Waals surface area contributed by atoms with Gasteiger partial charge in [0.15, 0.2) is 12.1 Å². The molecule has 0 spiro atoms. The van der Waals surface area contributed by atoms with E-state index in [1.807, 2.05) is 0 Å². The van der Waals surface area contributed by atoms with Crippen molar-refractivity contribution in [3.05, 3.63) is 12.7 Å². The number of hydrogen-bond donors (Lipinski definition) is 2. The molecule has 2 rings (SSSR count). The molecular weight excluding hydrogens is 335 g/mol. The van der Waals surface area contributed by atoms with Crippen LogP contribution in [0.3, 0.4) is 0 Å². The van der Waals surface area contributed by atoms with E-state index in [2.05, 4.69) is 6.58 Å². The highest BCUT2D eigenvalue weighted by Gasteiger charge is 2.53. The van der Waals surface area contributed by atoms with E-state index >= 15 is 0 Å². The number of halogens is 3. The summed E-state index contributed by atoms with van der Waals surface area (Å²) in [5, 5.41) is 12.1. The van der Waals surface area contributed by atoms with E-state index in [1.165, 1.54) is 6.08 Å². The Balaban J connectivity index is 2.18. The molecule has 0 saturated carbocycles. The number of nitrogens with one attached hydrogen (secondary N) is 1. The molecule has 0 aromatic rings. The van der Waals surface area contributed by atoms with Gasteiger partial charge in [0.05, 0.1) is 13.2 Å². The Morgan fingerprint density at radius 2 is 2.17 bits per heavy atom. The van der Waals surface area contributed by atoms with E-state index in [1.54, 1.807) is 19.2 Å². The van der Waals surface area contributed by atoms with Gasteiger partial charge in [-0.3, -0.25) is 4.79 Å². The SMILES string of the molecule is C=CCO[C@H]1OC2COC(C)(C)O[C@H]2C(O)[C@H]1NC(=O)C(F)(F)F. The molecule has 2 aliphatic heterocycles. The third kappa shape index (κ3) is 4.25. The first-order valence-corrected chi connectivity index (χ1v) is 7.30. The minimum Gasteiger partial charge on any atom is -0.388 e. The van der Waals surface area contributed by atoms with Crippen molar-refractivity contribution in [2.75, 3.05) is 13.2 Å². The lowest BCUT2D eigenvalue weighted by molar-refractivity contribution is -0.368. The quantitative estimate of drug-likeness (QED) is 0.713. The lowest BCUT2D eigenvalue weighted by atomic mass is 9.95. The maximum Gasteiger partial charge on any atom is 0.471 e. The van der Waals surface area contributed by atoms with Crippen molar-refractivity contribution >= 4 is 5.91 Å². The lowest BCUT2D eigenvalue weighted by Crippen LogP contribution is -2.69. The zero-order valence-corrected chi connectivity index (χ0v) is 13.2. The fourth-order valence-corrected chi connectivity index (χ4v) is 2.54. The molecule has 2 aliphatic rings. The highest BCUT2D eigenvalue weighted by molar-refractivity contribution is 5.82. The van der Waals surface area contributed by atoms with Crippen LogP contribution in [0, 0.1) is 0 Å². The number of amides is 1. The van der Waals surface area contributed by atoms with Gasteiger partial charge in [-0.15, -0.1) is 6.58 Å². The normalized spacial score (nSPS) is 35.8. The van der Waals surface area contributed by atoms with Crippen LogP contribution in [-0.4, -0.2) is 66.8 Å². The fourth-order valence-electron chi connectivity index (χ4n) is 2.54. The van der Waals surface area contributed by atoms with Crippen LogP contribution >= 0.6 is 0 Å². The number of rotatable bonds is 4. The van der Waals surface area contributed by atoms with E-state index in [-0.39, 0.29) is 13.2 Å². The maximum absolute atomic E-state index is 12.5. The van der Waals surface area contributed by atoms with Gasteiger partial charge in [-0.05, 0) is 13.8 Å². The number of hydrogen-bond acceptors (Lipinski definition) is 6. The number of carbonyl (C=O) groups is 1. The van der Waals surface area contributed by atoms with Gasteiger partial charge in [0, 0.05) is 0 Å². The van der Waals surface area contributed by atoms with Crippen molar-refractivity contribution in [2.24, 2.45) is 0 Å². The number of aliphatic hydroxyl groups excluding tert-OH is 1. The summed E-state index contributed by atoms with van der Waals surface area (Å²) < 4.78 is 59.3. The molecule has 2 unspecified atom stereocenters. The highest BCUT2D eigenvalue weighted by Crippen LogP contribution is 2.33. The molecule has 24 heavy (non-hydrogen) atoms. The molecule has 10 heteroatoms. The first-order valence-electron chi connectivity index (χ1n) is 7.30. The van der Waals surface area contributed by atoms with Gasteiger partial charge in [0.25, 0.3) is 0 Å². The Labute approximate surface area is 136 Å². The Morgan fingerprint density at radius 1 is 1.50 bits per heavy atom. The standard InChI is InChI=1S/C14H20F3NO6/c1-4-5-21-11-8(18-12(20)14(15,16)17)9(19)10-7(23-11)6-22-13(2,3)24-10/h4,7-11,19H,1,5-6H2,2-3H3,(H,18,20)/t7?,8-,9?,10-,11+/m1/s1. The number of alkyl halides is 3. The number of carbonyl (C=O) groups excluding carboxylic acids is 1. The van der Waals surface area contributed by atoms with Gasteiger partial charge in [-0.2, -0.15) is 13.2 Å². The first kappa shape index (κ1) is 19.1. The van der Waals surface area contributed by atoms with Crippen LogP contribution in [0.5, 0.6) is 0 Å². The van der Waals surface area contributed by atoms with Gasteiger partial charge in [-0.25, -0.2) is 0 Å². The van der Waals surface area contributed by atoms with Crippen molar-refractivity contribution in [2.45, 2.75) is 56.5 Å². The third-order valence-electron chi connectivity index (χ3n) is 3.62. The summed E-state index contributed by atoms with van der Waals surface area (Å²) >= 11 is 0. The summed E-state index contributed by atoms with van der Waals surface area (Å²) in [7, 11) is 0. The minimum atomic E-state index is -5.10. The van der Waals surface area contributed by atoms with Gasteiger partial charge in [0.1, 0.15) is 24.4 Å². The topological polar surface area (TPSA) is 86.2 Å². The number of aliphatic hydroxyl groups is 1. The zero-order chi connectivity index (χ0) is 18.1.